The van der Waals surface area contributed by atoms with Gasteiger partial charge in [0, 0.05) is 27.1 Å². The fourth-order valence-electron chi connectivity index (χ4n) is 2.91. The number of anilines is 1. The first kappa shape index (κ1) is 23.7. The minimum atomic E-state index is 0. The van der Waals surface area contributed by atoms with Crippen LogP contribution in [0.2, 0.25) is 0 Å². The van der Waals surface area contributed by atoms with Gasteiger partial charge in [-0.15, -0.1) is 24.0 Å². The van der Waals surface area contributed by atoms with E-state index in [4.69, 9.17) is 9.41 Å². The minimum Gasteiger partial charge on any atom is -0.469 e. The van der Waals surface area contributed by atoms with Crippen molar-refractivity contribution in [2.75, 3.05) is 25.5 Å². The highest BCUT2D eigenvalue weighted by Crippen LogP contribution is 2.12. The third-order valence-electron chi connectivity index (χ3n) is 4.55. The van der Waals surface area contributed by atoms with Gasteiger partial charge in [0.25, 0.3) is 0 Å². The maximum absolute atomic E-state index is 5.42. The van der Waals surface area contributed by atoms with E-state index in [-0.39, 0.29) is 30.0 Å². The Bertz CT molecular complexity index is 897. The van der Waals surface area contributed by atoms with Crippen LogP contribution < -0.4 is 15.5 Å². The van der Waals surface area contributed by atoms with E-state index in [0.717, 1.165) is 36.2 Å². The zero-order valence-corrected chi connectivity index (χ0v) is 20.0. The molecule has 3 aromatic rings. The van der Waals surface area contributed by atoms with E-state index in [2.05, 4.69) is 34.7 Å². The van der Waals surface area contributed by atoms with Gasteiger partial charge in [-0.2, -0.15) is 0 Å². The van der Waals surface area contributed by atoms with Crippen molar-refractivity contribution in [2.24, 2.45) is 4.99 Å². The number of rotatable bonds is 8. The molecule has 0 bridgehead atoms. The fourth-order valence-corrected chi connectivity index (χ4v) is 2.91. The Morgan fingerprint density at radius 1 is 1.07 bits per heavy atom. The smallest absolute Gasteiger partial charge is 0.192 e. The fraction of sp³-hybridized carbons (Fsp3) is 0.304. The van der Waals surface area contributed by atoms with Crippen molar-refractivity contribution < 1.29 is 4.42 Å². The number of hydrogen-bond donors (Lipinski definition) is 2. The van der Waals surface area contributed by atoms with Crippen LogP contribution in [0.5, 0.6) is 0 Å². The molecular formula is C23H30IN5O. The molecule has 2 heterocycles. The number of hydrogen-bond acceptors (Lipinski definition) is 4. The van der Waals surface area contributed by atoms with Crippen molar-refractivity contribution in [2.45, 2.75) is 25.9 Å². The number of benzene rings is 1. The topological polar surface area (TPSA) is 65.7 Å². The highest BCUT2D eigenvalue weighted by molar-refractivity contribution is 14.0. The highest BCUT2D eigenvalue weighted by atomic mass is 127. The number of pyridine rings is 1. The summed E-state index contributed by atoms with van der Waals surface area (Å²) in [5.41, 5.74) is 2.14. The van der Waals surface area contributed by atoms with Gasteiger partial charge in [-0.25, -0.2) is 9.98 Å². The second kappa shape index (κ2) is 12.2. The molecule has 0 fully saturated rings. The van der Waals surface area contributed by atoms with Crippen molar-refractivity contribution in [1.29, 1.82) is 0 Å². The first-order valence-corrected chi connectivity index (χ1v) is 9.87. The molecule has 0 saturated heterocycles. The second-order valence-corrected chi connectivity index (χ2v) is 7.08. The summed E-state index contributed by atoms with van der Waals surface area (Å²) >= 11 is 0. The Morgan fingerprint density at radius 2 is 1.87 bits per heavy atom. The van der Waals surface area contributed by atoms with Crippen molar-refractivity contribution in [3.8, 4) is 0 Å². The Balaban J connectivity index is 0.00000320. The Hall–Kier alpha value is -2.55. The summed E-state index contributed by atoms with van der Waals surface area (Å²) < 4.78 is 5.42. The molecule has 160 valence electrons. The molecule has 2 N–H and O–H groups in total. The largest absolute Gasteiger partial charge is 0.469 e. The third-order valence-corrected chi connectivity index (χ3v) is 4.55. The number of guanidine groups is 1. The molecule has 0 aliphatic rings. The van der Waals surface area contributed by atoms with Gasteiger partial charge in [0.05, 0.1) is 24.5 Å². The average Bonchev–Trinajstić information content (AvgIpc) is 3.26. The molecule has 0 amide bonds. The summed E-state index contributed by atoms with van der Waals surface area (Å²) in [6.45, 7) is 3.36. The standard InChI is InChI=1S/C23H29N5O.HI/c1-18(19-9-5-4-6-10-19)26-23(24-15-14-21-12-8-16-29-21)25-17-20-11-7-13-22(27-20)28(2)3;/h4-13,16,18H,14-15,17H2,1-3H3,(H2,24,25,26);1H. The number of aliphatic imine (C=N–C) groups is 1. The predicted octanol–water partition coefficient (Wildman–Crippen LogP) is 4.40. The molecule has 0 saturated carbocycles. The van der Waals surface area contributed by atoms with E-state index in [1.165, 1.54) is 5.56 Å². The van der Waals surface area contributed by atoms with Crippen LogP contribution in [0.3, 0.4) is 0 Å². The minimum absolute atomic E-state index is 0. The van der Waals surface area contributed by atoms with Crippen molar-refractivity contribution in [3.05, 3.63) is 83.9 Å². The van der Waals surface area contributed by atoms with Crippen LogP contribution in [-0.4, -0.2) is 31.6 Å². The van der Waals surface area contributed by atoms with Gasteiger partial charge in [-0.05, 0) is 36.8 Å². The van der Waals surface area contributed by atoms with Gasteiger partial charge in [0.2, 0.25) is 0 Å². The molecule has 1 unspecified atom stereocenters. The van der Waals surface area contributed by atoms with Gasteiger partial charge in [0.15, 0.2) is 5.96 Å². The quantitative estimate of drug-likeness (QED) is 0.263. The first-order valence-electron chi connectivity index (χ1n) is 9.87. The Morgan fingerprint density at radius 3 is 2.57 bits per heavy atom. The zero-order chi connectivity index (χ0) is 20.5. The summed E-state index contributed by atoms with van der Waals surface area (Å²) in [6, 6.07) is 20.4. The summed E-state index contributed by atoms with van der Waals surface area (Å²) in [4.78, 5) is 11.4. The second-order valence-electron chi connectivity index (χ2n) is 7.08. The van der Waals surface area contributed by atoms with E-state index in [1.54, 1.807) is 6.26 Å². The molecule has 0 radical (unpaired) electrons. The van der Waals surface area contributed by atoms with E-state index in [9.17, 15) is 0 Å². The van der Waals surface area contributed by atoms with Crippen LogP contribution >= 0.6 is 24.0 Å². The lowest BCUT2D eigenvalue weighted by molar-refractivity contribution is 0.506. The summed E-state index contributed by atoms with van der Waals surface area (Å²) in [6.07, 6.45) is 2.49. The molecule has 0 spiro atoms. The molecule has 3 rings (SSSR count). The maximum atomic E-state index is 5.42. The Labute approximate surface area is 195 Å². The predicted molar refractivity (Wildman–Crippen MR) is 134 cm³/mol. The molecule has 1 aromatic carbocycles. The van der Waals surface area contributed by atoms with Crippen LogP contribution in [0.15, 0.2) is 76.3 Å². The third kappa shape index (κ3) is 7.37. The Kier molecular flexibility index (Phi) is 9.66. The van der Waals surface area contributed by atoms with Crippen molar-refractivity contribution in [1.82, 2.24) is 15.6 Å². The van der Waals surface area contributed by atoms with E-state index < -0.39 is 0 Å². The van der Waals surface area contributed by atoms with Crippen LogP contribution in [0.1, 0.15) is 30.0 Å². The highest BCUT2D eigenvalue weighted by Gasteiger charge is 2.08. The van der Waals surface area contributed by atoms with Crippen LogP contribution in [-0.2, 0) is 13.0 Å². The number of furan rings is 1. The van der Waals surface area contributed by atoms with Gasteiger partial charge in [-0.3, -0.25) is 0 Å². The first-order chi connectivity index (χ1) is 14.1. The number of halogens is 1. The normalized spacial score (nSPS) is 12.0. The molecule has 2 aromatic heterocycles. The van der Waals surface area contributed by atoms with Crippen molar-refractivity contribution >= 4 is 35.8 Å². The van der Waals surface area contributed by atoms with Crippen LogP contribution in [0.25, 0.3) is 0 Å². The summed E-state index contributed by atoms with van der Waals surface area (Å²) in [5, 5.41) is 6.90. The monoisotopic (exact) mass is 519 g/mol. The molecule has 30 heavy (non-hydrogen) atoms. The molecular weight excluding hydrogens is 489 g/mol. The van der Waals surface area contributed by atoms with E-state index >= 15 is 0 Å². The van der Waals surface area contributed by atoms with Gasteiger partial charge in [0.1, 0.15) is 11.6 Å². The average molecular weight is 519 g/mol. The summed E-state index contributed by atoms with van der Waals surface area (Å²) in [7, 11) is 3.97. The SMILES string of the molecule is CC(NC(=NCc1cccc(N(C)C)n1)NCCc1ccco1)c1ccccc1.I. The summed E-state index contributed by atoms with van der Waals surface area (Å²) in [5.74, 6) is 2.63. The van der Waals surface area contributed by atoms with Gasteiger partial charge < -0.3 is 20.0 Å². The lowest BCUT2D eigenvalue weighted by atomic mass is 10.1. The van der Waals surface area contributed by atoms with Gasteiger partial charge in [-0.1, -0.05) is 36.4 Å². The molecule has 6 nitrogen and oxygen atoms in total. The number of aromatic nitrogens is 1. The lowest BCUT2D eigenvalue weighted by Gasteiger charge is -2.19. The van der Waals surface area contributed by atoms with Crippen LogP contribution in [0.4, 0.5) is 5.82 Å². The molecule has 0 aliphatic heterocycles. The van der Waals surface area contributed by atoms with E-state index in [1.807, 2.05) is 67.5 Å². The number of nitrogens with zero attached hydrogens (tertiary/aromatic N) is 3. The van der Waals surface area contributed by atoms with Crippen LogP contribution in [0, 0.1) is 0 Å². The van der Waals surface area contributed by atoms with Gasteiger partial charge >= 0.3 is 0 Å². The maximum Gasteiger partial charge on any atom is 0.192 e. The molecule has 0 aliphatic carbocycles. The molecule has 1 atom stereocenters. The molecule has 7 heteroatoms. The van der Waals surface area contributed by atoms with Crippen molar-refractivity contribution in [3.63, 3.8) is 0 Å². The zero-order valence-electron chi connectivity index (χ0n) is 17.7. The lowest BCUT2D eigenvalue weighted by Crippen LogP contribution is -2.39. The number of nitrogens with one attached hydrogen (secondary N) is 2. The van der Waals surface area contributed by atoms with E-state index in [0.29, 0.717) is 6.54 Å².